The van der Waals surface area contributed by atoms with E-state index in [-0.39, 0.29) is 25.2 Å². The Balaban J connectivity index is 1.36. The fraction of sp³-hybridized carbons (Fsp3) is 0.381. The molecule has 0 spiro atoms. The number of hydrogen-bond donors (Lipinski definition) is 2. The van der Waals surface area contributed by atoms with Crippen molar-refractivity contribution in [2.24, 2.45) is 0 Å². The number of carbonyl (C=O) groups excluding carboxylic acids is 1. The summed E-state index contributed by atoms with van der Waals surface area (Å²) in [5, 5.41) is 12.7. The molecular formula is C21H23NO4. The lowest BCUT2D eigenvalue weighted by Crippen LogP contribution is -2.39. The van der Waals surface area contributed by atoms with Gasteiger partial charge in [-0.3, -0.25) is 0 Å². The third-order valence-electron chi connectivity index (χ3n) is 5.19. The van der Waals surface area contributed by atoms with Crippen LogP contribution in [0.3, 0.4) is 0 Å². The first kappa shape index (κ1) is 17.1. The summed E-state index contributed by atoms with van der Waals surface area (Å²) in [5.74, 6) is 0.0382. The van der Waals surface area contributed by atoms with Crippen molar-refractivity contribution in [3.05, 3.63) is 59.7 Å². The van der Waals surface area contributed by atoms with E-state index < -0.39 is 12.2 Å². The minimum Gasteiger partial charge on any atom is -0.449 e. The lowest BCUT2D eigenvalue weighted by atomic mass is 9.98. The Morgan fingerprint density at radius 1 is 1.15 bits per heavy atom. The maximum absolute atomic E-state index is 12.1. The van der Waals surface area contributed by atoms with Gasteiger partial charge in [0.1, 0.15) is 6.61 Å². The van der Waals surface area contributed by atoms with Crippen LogP contribution in [-0.4, -0.2) is 43.2 Å². The molecule has 2 aromatic carbocycles. The van der Waals surface area contributed by atoms with Gasteiger partial charge in [-0.05, 0) is 35.1 Å². The number of carbonyl (C=O) groups is 1. The molecule has 1 amide bonds. The first-order valence-electron chi connectivity index (χ1n) is 9.12. The Morgan fingerprint density at radius 3 is 2.42 bits per heavy atom. The second kappa shape index (κ2) is 7.48. The van der Waals surface area contributed by atoms with Gasteiger partial charge in [0.15, 0.2) is 0 Å². The third kappa shape index (κ3) is 3.32. The summed E-state index contributed by atoms with van der Waals surface area (Å²) in [4.78, 5) is 12.1. The molecule has 5 heteroatoms. The van der Waals surface area contributed by atoms with Crippen molar-refractivity contribution in [2.45, 2.75) is 31.0 Å². The monoisotopic (exact) mass is 353 g/mol. The zero-order valence-corrected chi connectivity index (χ0v) is 14.6. The second-order valence-electron chi connectivity index (χ2n) is 6.83. The van der Waals surface area contributed by atoms with Crippen LogP contribution in [0.4, 0.5) is 4.79 Å². The maximum atomic E-state index is 12.1. The minimum absolute atomic E-state index is 0.0382. The average molecular weight is 353 g/mol. The van der Waals surface area contributed by atoms with Crippen molar-refractivity contribution in [1.82, 2.24) is 5.32 Å². The van der Waals surface area contributed by atoms with Crippen LogP contribution in [0.2, 0.25) is 0 Å². The van der Waals surface area contributed by atoms with E-state index >= 15 is 0 Å². The average Bonchev–Trinajstić information content (AvgIpc) is 3.31. The van der Waals surface area contributed by atoms with E-state index in [0.29, 0.717) is 6.61 Å². The Hall–Kier alpha value is -2.37. The van der Waals surface area contributed by atoms with E-state index in [1.54, 1.807) is 0 Å². The third-order valence-corrected chi connectivity index (χ3v) is 5.19. The molecule has 1 heterocycles. The van der Waals surface area contributed by atoms with Gasteiger partial charge < -0.3 is 19.9 Å². The molecule has 136 valence electrons. The first-order valence-corrected chi connectivity index (χ1v) is 9.12. The molecular weight excluding hydrogens is 330 g/mol. The number of benzene rings is 2. The molecule has 0 bridgehead atoms. The Labute approximate surface area is 152 Å². The molecule has 5 nitrogen and oxygen atoms in total. The number of aliphatic hydroxyl groups is 1. The summed E-state index contributed by atoms with van der Waals surface area (Å²) < 4.78 is 10.9. The molecule has 2 atom stereocenters. The molecule has 0 radical (unpaired) electrons. The number of amides is 1. The number of nitrogens with one attached hydrogen (secondary N) is 1. The van der Waals surface area contributed by atoms with Crippen LogP contribution in [-0.2, 0) is 9.47 Å². The van der Waals surface area contributed by atoms with Gasteiger partial charge in [-0.2, -0.15) is 0 Å². The summed E-state index contributed by atoms with van der Waals surface area (Å²) in [6.45, 7) is 1.09. The van der Waals surface area contributed by atoms with Gasteiger partial charge in [0.2, 0.25) is 0 Å². The van der Waals surface area contributed by atoms with Crippen LogP contribution in [0.15, 0.2) is 48.5 Å². The summed E-state index contributed by atoms with van der Waals surface area (Å²) in [6.07, 6.45) is 0.381. The zero-order chi connectivity index (χ0) is 17.9. The number of alkyl carbamates (subject to hydrolysis) is 1. The Kier molecular flexibility index (Phi) is 4.91. The highest BCUT2D eigenvalue weighted by molar-refractivity contribution is 5.79. The van der Waals surface area contributed by atoms with E-state index in [1.165, 1.54) is 22.3 Å². The molecule has 4 rings (SSSR count). The smallest absolute Gasteiger partial charge is 0.407 e. The van der Waals surface area contributed by atoms with Crippen LogP contribution < -0.4 is 5.32 Å². The van der Waals surface area contributed by atoms with E-state index in [4.69, 9.17) is 9.47 Å². The van der Waals surface area contributed by atoms with Crippen molar-refractivity contribution in [3.8, 4) is 11.1 Å². The van der Waals surface area contributed by atoms with Crippen molar-refractivity contribution in [1.29, 1.82) is 0 Å². The number of ether oxygens (including phenoxy) is 2. The van der Waals surface area contributed by atoms with Crippen molar-refractivity contribution in [2.75, 3.05) is 19.8 Å². The van der Waals surface area contributed by atoms with E-state index in [0.717, 1.165) is 12.8 Å². The summed E-state index contributed by atoms with van der Waals surface area (Å²) in [6, 6.07) is 16.4. The number of fused-ring (bicyclic) bond motifs is 3. The zero-order valence-electron chi connectivity index (χ0n) is 14.6. The van der Waals surface area contributed by atoms with Gasteiger partial charge >= 0.3 is 6.09 Å². The first-order chi connectivity index (χ1) is 12.7. The van der Waals surface area contributed by atoms with Gasteiger partial charge in [-0.15, -0.1) is 0 Å². The summed E-state index contributed by atoms with van der Waals surface area (Å²) in [5.41, 5.74) is 4.76. The quantitative estimate of drug-likeness (QED) is 0.867. The highest BCUT2D eigenvalue weighted by Gasteiger charge is 2.29. The number of rotatable bonds is 5. The molecule has 2 aliphatic rings. The SMILES string of the molecule is O=C(NCC(O)C1CCCO1)OCC1c2ccccc2-c2ccccc21. The van der Waals surface area contributed by atoms with Crippen LogP contribution >= 0.6 is 0 Å². The normalized spacial score (nSPS) is 19.7. The van der Waals surface area contributed by atoms with Crippen LogP contribution in [0, 0.1) is 0 Å². The topological polar surface area (TPSA) is 67.8 Å². The van der Waals surface area contributed by atoms with Crippen molar-refractivity contribution in [3.63, 3.8) is 0 Å². The second-order valence-corrected chi connectivity index (χ2v) is 6.83. The predicted molar refractivity (Wildman–Crippen MR) is 98.1 cm³/mol. The highest BCUT2D eigenvalue weighted by atomic mass is 16.5. The minimum atomic E-state index is -0.696. The van der Waals surface area contributed by atoms with Crippen LogP contribution in [0.25, 0.3) is 11.1 Å². The van der Waals surface area contributed by atoms with Crippen LogP contribution in [0.1, 0.15) is 29.9 Å². The molecule has 2 N–H and O–H groups in total. The van der Waals surface area contributed by atoms with Gasteiger partial charge in [0.25, 0.3) is 0 Å². The van der Waals surface area contributed by atoms with Crippen molar-refractivity contribution >= 4 is 6.09 Å². The molecule has 0 saturated carbocycles. The van der Waals surface area contributed by atoms with Gasteiger partial charge in [0.05, 0.1) is 12.2 Å². The fourth-order valence-electron chi connectivity index (χ4n) is 3.87. The van der Waals surface area contributed by atoms with Gasteiger partial charge in [-0.25, -0.2) is 4.79 Å². The van der Waals surface area contributed by atoms with E-state index in [1.807, 2.05) is 24.3 Å². The molecule has 2 unspecified atom stereocenters. The van der Waals surface area contributed by atoms with Gasteiger partial charge in [-0.1, -0.05) is 48.5 Å². The van der Waals surface area contributed by atoms with Crippen molar-refractivity contribution < 1.29 is 19.4 Å². The maximum Gasteiger partial charge on any atom is 0.407 e. The molecule has 1 aliphatic carbocycles. The fourth-order valence-corrected chi connectivity index (χ4v) is 3.87. The predicted octanol–water partition coefficient (Wildman–Crippen LogP) is 3.07. The molecule has 0 aromatic heterocycles. The molecule has 1 saturated heterocycles. The highest BCUT2D eigenvalue weighted by Crippen LogP contribution is 2.44. The molecule has 1 fully saturated rings. The molecule has 2 aromatic rings. The van der Waals surface area contributed by atoms with Crippen LogP contribution in [0.5, 0.6) is 0 Å². The lowest BCUT2D eigenvalue weighted by Gasteiger charge is -2.18. The lowest BCUT2D eigenvalue weighted by molar-refractivity contribution is -0.000600. The Bertz CT molecular complexity index is 740. The number of hydrogen-bond acceptors (Lipinski definition) is 4. The largest absolute Gasteiger partial charge is 0.449 e. The summed E-state index contributed by atoms with van der Waals surface area (Å²) >= 11 is 0. The molecule has 26 heavy (non-hydrogen) atoms. The van der Waals surface area contributed by atoms with Gasteiger partial charge in [0, 0.05) is 19.1 Å². The van der Waals surface area contributed by atoms with E-state index in [2.05, 4.69) is 29.6 Å². The molecule has 1 aliphatic heterocycles. The standard InChI is InChI=1S/C21H23NO4/c23-19(20-10-5-11-25-20)12-22-21(24)26-13-18-16-8-3-1-6-14(16)15-7-2-4-9-17(15)18/h1-4,6-9,18-20,23H,5,10-13H2,(H,22,24). The Morgan fingerprint density at radius 2 is 1.81 bits per heavy atom. The number of aliphatic hydroxyl groups excluding tert-OH is 1. The van der Waals surface area contributed by atoms with E-state index in [9.17, 15) is 9.90 Å². The summed E-state index contributed by atoms with van der Waals surface area (Å²) in [7, 11) is 0.